The van der Waals surface area contributed by atoms with Crippen LogP contribution in [-0.4, -0.2) is 19.7 Å². The van der Waals surface area contributed by atoms with E-state index < -0.39 is 0 Å². The van der Waals surface area contributed by atoms with Gasteiger partial charge in [-0.15, -0.1) is 0 Å². The molecule has 0 amide bonds. The van der Waals surface area contributed by atoms with Gasteiger partial charge in [0.05, 0.1) is 5.39 Å². The summed E-state index contributed by atoms with van der Waals surface area (Å²) in [6.07, 6.45) is 1.35. The first-order chi connectivity index (χ1) is 6.24. The molecular formula is C7H6N6. The van der Waals surface area contributed by atoms with Crippen LogP contribution in [0.5, 0.6) is 0 Å². The van der Waals surface area contributed by atoms with Crippen LogP contribution < -0.4 is 5.73 Å². The van der Waals surface area contributed by atoms with Crippen LogP contribution in [0.3, 0.4) is 0 Å². The van der Waals surface area contributed by atoms with E-state index in [0.717, 1.165) is 0 Å². The monoisotopic (exact) mass is 174 g/mol. The standard InChI is InChI=1S/C7H6N6/c1-13-7-5(4(2-8)12-13)6(9)10-3-11-7/h3H,1H3,(H2,9,10,11). The Morgan fingerprint density at radius 1 is 1.54 bits per heavy atom. The zero-order valence-corrected chi connectivity index (χ0v) is 6.89. The van der Waals surface area contributed by atoms with E-state index in [4.69, 9.17) is 11.0 Å². The SMILES string of the molecule is Cn1nc(C#N)c2c(N)ncnc21. The van der Waals surface area contributed by atoms with Gasteiger partial charge in [0.15, 0.2) is 11.3 Å². The summed E-state index contributed by atoms with van der Waals surface area (Å²) in [6, 6.07) is 1.94. The molecule has 64 valence electrons. The third-order valence-electron chi connectivity index (χ3n) is 1.76. The first-order valence-electron chi connectivity index (χ1n) is 3.57. The number of aryl methyl sites for hydroxylation is 1. The van der Waals surface area contributed by atoms with Crippen LogP contribution in [0.15, 0.2) is 6.33 Å². The summed E-state index contributed by atoms with van der Waals surface area (Å²) >= 11 is 0. The summed E-state index contributed by atoms with van der Waals surface area (Å²) in [5.74, 6) is 0.287. The number of aromatic nitrogens is 4. The maximum absolute atomic E-state index is 8.74. The van der Waals surface area contributed by atoms with Crippen LogP contribution in [0.25, 0.3) is 11.0 Å². The number of hydrogen-bond acceptors (Lipinski definition) is 5. The Morgan fingerprint density at radius 3 is 3.00 bits per heavy atom. The summed E-state index contributed by atoms with van der Waals surface area (Å²) in [6.45, 7) is 0. The molecule has 2 heterocycles. The fraction of sp³-hybridized carbons (Fsp3) is 0.143. The first kappa shape index (κ1) is 7.49. The van der Waals surface area contributed by atoms with Crippen molar-refractivity contribution in [3.8, 4) is 6.07 Å². The molecule has 0 aliphatic heterocycles. The topological polar surface area (TPSA) is 93.4 Å². The van der Waals surface area contributed by atoms with Crippen molar-refractivity contribution in [3.05, 3.63) is 12.0 Å². The zero-order valence-electron chi connectivity index (χ0n) is 6.89. The van der Waals surface area contributed by atoms with E-state index in [-0.39, 0.29) is 11.5 Å². The minimum Gasteiger partial charge on any atom is -0.383 e. The number of fused-ring (bicyclic) bond motifs is 1. The summed E-state index contributed by atoms with van der Waals surface area (Å²) in [5.41, 5.74) is 6.42. The molecule has 0 unspecified atom stereocenters. The Balaban J connectivity index is 2.99. The van der Waals surface area contributed by atoms with Crippen molar-refractivity contribution in [2.24, 2.45) is 7.05 Å². The molecule has 0 bridgehead atoms. The van der Waals surface area contributed by atoms with Crippen molar-refractivity contribution >= 4 is 16.9 Å². The van der Waals surface area contributed by atoms with Crippen LogP contribution in [-0.2, 0) is 7.05 Å². The summed E-state index contributed by atoms with van der Waals surface area (Å²) in [4.78, 5) is 7.76. The summed E-state index contributed by atoms with van der Waals surface area (Å²) in [7, 11) is 1.70. The van der Waals surface area contributed by atoms with Crippen molar-refractivity contribution in [1.29, 1.82) is 5.26 Å². The third kappa shape index (κ3) is 0.906. The first-order valence-corrected chi connectivity index (χ1v) is 3.57. The lowest BCUT2D eigenvalue weighted by Gasteiger charge is -1.93. The maximum atomic E-state index is 8.74. The predicted octanol–water partition coefficient (Wildman–Crippen LogP) is -0.183. The molecule has 0 spiro atoms. The van der Waals surface area contributed by atoms with Crippen LogP contribution in [0.4, 0.5) is 5.82 Å². The highest BCUT2D eigenvalue weighted by Gasteiger charge is 2.12. The van der Waals surface area contributed by atoms with Crippen molar-refractivity contribution in [2.75, 3.05) is 5.73 Å². The average Bonchev–Trinajstić information content (AvgIpc) is 2.45. The molecule has 2 aromatic heterocycles. The molecule has 0 aliphatic carbocycles. The van der Waals surface area contributed by atoms with Gasteiger partial charge in [-0.1, -0.05) is 0 Å². The molecule has 0 saturated heterocycles. The molecule has 6 nitrogen and oxygen atoms in total. The van der Waals surface area contributed by atoms with Crippen molar-refractivity contribution in [1.82, 2.24) is 19.7 Å². The molecule has 0 aromatic carbocycles. The van der Waals surface area contributed by atoms with Gasteiger partial charge < -0.3 is 5.73 Å². The van der Waals surface area contributed by atoms with E-state index in [0.29, 0.717) is 11.0 Å². The smallest absolute Gasteiger partial charge is 0.175 e. The van der Waals surface area contributed by atoms with Gasteiger partial charge in [-0.25, -0.2) is 14.6 Å². The summed E-state index contributed by atoms with van der Waals surface area (Å²) in [5, 5.41) is 13.2. The van der Waals surface area contributed by atoms with E-state index in [9.17, 15) is 0 Å². The zero-order chi connectivity index (χ0) is 9.42. The van der Waals surface area contributed by atoms with Gasteiger partial charge in [0.2, 0.25) is 0 Å². The highest BCUT2D eigenvalue weighted by Crippen LogP contribution is 2.18. The van der Waals surface area contributed by atoms with Gasteiger partial charge in [0.25, 0.3) is 0 Å². The third-order valence-corrected chi connectivity index (χ3v) is 1.76. The number of nitrogen functional groups attached to an aromatic ring is 1. The van der Waals surface area contributed by atoms with Crippen molar-refractivity contribution < 1.29 is 0 Å². The Kier molecular flexibility index (Phi) is 1.39. The van der Waals surface area contributed by atoms with E-state index in [1.54, 1.807) is 7.05 Å². The average molecular weight is 174 g/mol. The van der Waals surface area contributed by atoms with Gasteiger partial charge in [-0.3, -0.25) is 0 Å². The Morgan fingerprint density at radius 2 is 2.31 bits per heavy atom. The molecule has 0 aliphatic rings. The maximum Gasteiger partial charge on any atom is 0.175 e. The van der Waals surface area contributed by atoms with E-state index in [1.165, 1.54) is 11.0 Å². The van der Waals surface area contributed by atoms with Gasteiger partial charge >= 0.3 is 0 Å². The number of nitrogens with zero attached hydrogens (tertiary/aromatic N) is 5. The highest BCUT2D eigenvalue weighted by molar-refractivity contribution is 5.89. The number of nitrogens with two attached hydrogens (primary N) is 1. The molecule has 0 fully saturated rings. The minimum absolute atomic E-state index is 0.260. The van der Waals surface area contributed by atoms with Crippen LogP contribution >= 0.6 is 0 Å². The number of nitriles is 1. The molecule has 13 heavy (non-hydrogen) atoms. The molecule has 2 rings (SSSR count). The van der Waals surface area contributed by atoms with Crippen LogP contribution in [0.2, 0.25) is 0 Å². The predicted molar refractivity (Wildman–Crippen MR) is 45.4 cm³/mol. The largest absolute Gasteiger partial charge is 0.383 e. The number of rotatable bonds is 0. The molecule has 2 N–H and O–H groups in total. The van der Waals surface area contributed by atoms with E-state index in [1.807, 2.05) is 6.07 Å². The lowest BCUT2D eigenvalue weighted by atomic mass is 10.3. The molecule has 2 aromatic rings. The Bertz CT molecular complexity index is 505. The number of hydrogen-bond donors (Lipinski definition) is 1. The minimum atomic E-state index is 0.260. The molecule has 0 radical (unpaired) electrons. The second-order valence-electron chi connectivity index (χ2n) is 2.54. The second-order valence-corrected chi connectivity index (χ2v) is 2.54. The highest BCUT2D eigenvalue weighted by atomic mass is 15.3. The molecule has 0 saturated carbocycles. The van der Waals surface area contributed by atoms with E-state index in [2.05, 4.69) is 15.1 Å². The van der Waals surface area contributed by atoms with Gasteiger partial charge in [-0.05, 0) is 0 Å². The van der Waals surface area contributed by atoms with Crippen molar-refractivity contribution in [3.63, 3.8) is 0 Å². The van der Waals surface area contributed by atoms with Crippen LogP contribution in [0.1, 0.15) is 5.69 Å². The van der Waals surface area contributed by atoms with E-state index >= 15 is 0 Å². The second kappa shape index (κ2) is 2.42. The van der Waals surface area contributed by atoms with Gasteiger partial charge in [0, 0.05) is 7.05 Å². The fourth-order valence-electron chi connectivity index (χ4n) is 1.19. The normalized spacial score (nSPS) is 10.2. The van der Waals surface area contributed by atoms with Gasteiger partial charge in [-0.2, -0.15) is 10.4 Å². The fourth-order valence-corrected chi connectivity index (χ4v) is 1.19. The summed E-state index contributed by atoms with van der Waals surface area (Å²) < 4.78 is 1.51. The van der Waals surface area contributed by atoms with Crippen molar-refractivity contribution in [2.45, 2.75) is 0 Å². The molecule has 0 atom stereocenters. The lowest BCUT2D eigenvalue weighted by molar-refractivity contribution is 0.780. The Hall–Kier alpha value is -2.16. The molecular weight excluding hydrogens is 168 g/mol. The van der Waals surface area contributed by atoms with Gasteiger partial charge in [0.1, 0.15) is 18.2 Å². The Labute approximate surface area is 73.6 Å². The number of anilines is 1. The van der Waals surface area contributed by atoms with Crippen LogP contribution in [0, 0.1) is 11.3 Å². The quantitative estimate of drug-likeness (QED) is 0.597. The lowest BCUT2D eigenvalue weighted by Crippen LogP contribution is -1.95. The molecule has 6 heteroatoms.